The molecule has 2 rings (SSSR count). The van der Waals surface area contributed by atoms with Crippen molar-refractivity contribution in [3.05, 3.63) is 70.3 Å². The van der Waals surface area contributed by atoms with Crippen molar-refractivity contribution in [2.45, 2.75) is 33.0 Å². The molecule has 20 heavy (non-hydrogen) atoms. The minimum Gasteiger partial charge on any atom is -0.388 e. The molecule has 0 saturated carbocycles. The van der Waals surface area contributed by atoms with Gasteiger partial charge in [0.2, 0.25) is 0 Å². The summed E-state index contributed by atoms with van der Waals surface area (Å²) < 4.78 is 5.09. The van der Waals surface area contributed by atoms with Crippen LogP contribution in [0.4, 0.5) is 0 Å². The molecule has 106 valence electrons. The van der Waals surface area contributed by atoms with Gasteiger partial charge in [0.25, 0.3) is 0 Å². The van der Waals surface area contributed by atoms with Crippen LogP contribution in [0.1, 0.15) is 33.9 Å². The molecule has 0 aliphatic carbocycles. The molecular weight excluding hydrogens is 248 g/mol. The van der Waals surface area contributed by atoms with E-state index in [9.17, 15) is 5.11 Å². The van der Waals surface area contributed by atoms with Gasteiger partial charge in [-0.2, -0.15) is 0 Å². The van der Waals surface area contributed by atoms with Gasteiger partial charge >= 0.3 is 0 Å². The SMILES string of the molecule is COCc1ccc(C(O)Cc2cc(C)ccc2C)cc1. The third-order valence-electron chi connectivity index (χ3n) is 3.59. The monoisotopic (exact) mass is 270 g/mol. The van der Waals surface area contributed by atoms with Gasteiger partial charge < -0.3 is 9.84 Å². The van der Waals surface area contributed by atoms with Gasteiger partial charge in [-0.1, -0.05) is 48.0 Å². The van der Waals surface area contributed by atoms with Crippen LogP contribution in [0.3, 0.4) is 0 Å². The smallest absolute Gasteiger partial charge is 0.0830 e. The molecule has 2 aromatic rings. The minimum absolute atomic E-state index is 0.466. The van der Waals surface area contributed by atoms with Crippen LogP contribution in [0, 0.1) is 13.8 Å². The topological polar surface area (TPSA) is 29.5 Å². The lowest BCUT2D eigenvalue weighted by molar-refractivity contribution is 0.177. The summed E-state index contributed by atoms with van der Waals surface area (Å²) in [7, 11) is 1.68. The van der Waals surface area contributed by atoms with Crippen molar-refractivity contribution in [3.8, 4) is 0 Å². The molecule has 0 bridgehead atoms. The molecule has 0 aliphatic heterocycles. The number of aliphatic hydroxyl groups excluding tert-OH is 1. The summed E-state index contributed by atoms with van der Waals surface area (Å²) in [5.41, 5.74) is 5.73. The molecule has 0 amide bonds. The summed E-state index contributed by atoms with van der Waals surface area (Å²) in [6, 6.07) is 14.3. The van der Waals surface area contributed by atoms with E-state index in [1.807, 2.05) is 24.3 Å². The molecular formula is C18H22O2. The third-order valence-corrected chi connectivity index (χ3v) is 3.59. The van der Waals surface area contributed by atoms with Crippen LogP contribution in [0.2, 0.25) is 0 Å². The fourth-order valence-electron chi connectivity index (χ4n) is 2.35. The van der Waals surface area contributed by atoms with E-state index in [0.29, 0.717) is 13.0 Å². The normalized spacial score (nSPS) is 12.4. The number of methoxy groups -OCH3 is 1. The molecule has 2 heteroatoms. The van der Waals surface area contributed by atoms with Gasteiger partial charge in [0.15, 0.2) is 0 Å². The maximum absolute atomic E-state index is 10.4. The standard InChI is InChI=1S/C18H22O2/c1-13-4-5-14(2)17(10-13)11-18(19)16-8-6-15(7-9-16)12-20-3/h4-10,18-19H,11-12H2,1-3H3. The number of aliphatic hydroxyl groups is 1. The van der Waals surface area contributed by atoms with Crippen molar-refractivity contribution >= 4 is 0 Å². The zero-order valence-corrected chi connectivity index (χ0v) is 12.4. The Labute approximate surface area is 121 Å². The number of hydrogen-bond donors (Lipinski definition) is 1. The lowest BCUT2D eigenvalue weighted by Crippen LogP contribution is -2.04. The fraction of sp³-hybridized carbons (Fsp3) is 0.333. The van der Waals surface area contributed by atoms with Crippen LogP contribution < -0.4 is 0 Å². The van der Waals surface area contributed by atoms with Crippen molar-refractivity contribution in [2.24, 2.45) is 0 Å². The number of benzene rings is 2. The molecule has 0 radical (unpaired) electrons. The molecule has 0 aromatic heterocycles. The second-order valence-corrected chi connectivity index (χ2v) is 5.32. The molecule has 0 saturated heterocycles. The maximum atomic E-state index is 10.4. The van der Waals surface area contributed by atoms with Crippen LogP contribution in [0.25, 0.3) is 0 Å². The summed E-state index contributed by atoms with van der Waals surface area (Å²) in [5.74, 6) is 0. The molecule has 0 spiro atoms. The van der Waals surface area contributed by atoms with E-state index in [2.05, 4.69) is 32.0 Å². The molecule has 1 unspecified atom stereocenters. The summed E-state index contributed by atoms with van der Waals surface area (Å²) in [6.45, 7) is 4.77. The van der Waals surface area contributed by atoms with Gasteiger partial charge in [-0.15, -0.1) is 0 Å². The highest BCUT2D eigenvalue weighted by atomic mass is 16.5. The molecule has 0 aliphatic rings. The van der Waals surface area contributed by atoms with Crippen molar-refractivity contribution in [1.82, 2.24) is 0 Å². The predicted molar refractivity (Wildman–Crippen MR) is 81.7 cm³/mol. The summed E-state index contributed by atoms with van der Waals surface area (Å²) in [5, 5.41) is 10.4. The Kier molecular flexibility index (Phi) is 4.94. The first kappa shape index (κ1) is 14.8. The van der Waals surface area contributed by atoms with Crippen LogP contribution >= 0.6 is 0 Å². The lowest BCUT2D eigenvalue weighted by atomic mass is 9.96. The summed E-state index contributed by atoms with van der Waals surface area (Å²) in [6.07, 6.45) is 0.184. The van der Waals surface area contributed by atoms with E-state index in [4.69, 9.17) is 4.74 Å². The van der Waals surface area contributed by atoms with Crippen LogP contribution in [0.15, 0.2) is 42.5 Å². The Bertz CT molecular complexity index is 558. The average molecular weight is 270 g/mol. The van der Waals surface area contributed by atoms with Gasteiger partial charge in [0.05, 0.1) is 12.7 Å². The van der Waals surface area contributed by atoms with Crippen LogP contribution in [-0.4, -0.2) is 12.2 Å². The zero-order chi connectivity index (χ0) is 14.5. The molecule has 2 aromatic carbocycles. The number of hydrogen-bond acceptors (Lipinski definition) is 2. The highest BCUT2D eigenvalue weighted by Crippen LogP contribution is 2.21. The van der Waals surface area contributed by atoms with Crippen molar-refractivity contribution in [1.29, 1.82) is 0 Å². The van der Waals surface area contributed by atoms with Crippen molar-refractivity contribution in [3.63, 3.8) is 0 Å². The maximum Gasteiger partial charge on any atom is 0.0830 e. The zero-order valence-electron chi connectivity index (χ0n) is 12.4. The largest absolute Gasteiger partial charge is 0.388 e. The molecule has 1 N–H and O–H groups in total. The Morgan fingerprint density at radius 1 is 1.05 bits per heavy atom. The van der Waals surface area contributed by atoms with Gasteiger partial charge in [0, 0.05) is 13.5 Å². The Morgan fingerprint density at radius 3 is 2.40 bits per heavy atom. The lowest BCUT2D eigenvalue weighted by Gasteiger charge is -2.14. The summed E-state index contributed by atoms with van der Waals surface area (Å²) in [4.78, 5) is 0. The fourth-order valence-corrected chi connectivity index (χ4v) is 2.35. The summed E-state index contributed by atoms with van der Waals surface area (Å²) >= 11 is 0. The first-order valence-corrected chi connectivity index (χ1v) is 6.92. The van der Waals surface area contributed by atoms with Gasteiger partial charge in [-0.05, 0) is 36.1 Å². The predicted octanol–water partition coefficient (Wildman–Crippen LogP) is 3.73. The molecule has 2 nitrogen and oxygen atoms in total. The average Bonchev–Trinajstić information content (AvgIpc) is 2.44. The minimum atomic E-state index is -0.466. The van der Waals surface area contributed by atoms with E-state index >= 15 is 0 Å². The van der Waals surface area contributed by atoms with Crippen molar-refractivity contribution < 1.29 is 9.84 Å². The van der Waals surface area contributed by atoms with E-state index < -0.39 is 6.10 Å². The Morgan fingerprint density at radius 2 is 1.75 bits per heavy atom. The van der Waals surface area contributed by atoms with E-state index in [-0.39, 0.29) is 0 Å². The molecule has 1 atom stereocenters. The molecule has 0 heterocycles. The first-order valence-electron chi connectivity index (χ1n) is 6.92. The van der Waals surface area contributed by atoms with Gasteiger partial charge in [0.1, 0.15) is 0 Å². The van der Waals surface area contributed by atoms with Gasteiger partial charge in [-0.25, -0.2) is 0 Å². The van der Waals surface area contributed by atoms with Crippen LogP contribution in [0.5, 0.6) is 0 Å². The van der Waals surface area contributed by atoms with E-state index in [0.717, 1.165) is 11.1 Å². The molecule has 0 fully saturated rings. The highest BCUT2D eigenvalue weighted by Gasteiger charge is 2.10. The second kappa shape index (κ2) is 6.69. The Hall–Kier alpha value is -1.64. The van der Waals surface area contributed by atoms with E-state index in [1.165, 1.54) is 16.7 Å². The van der Waals surface area contributed by atoms with Crippen molar-refractivity contribution in [2.75, 3.05) is 7.11 Å². The first-order chi connectivity index (χ1) is 9.60. The third kappa shape index (κ3) is 3.69. The number of ether oxygens (including phenoxy) is 1. The highest BCUT2D eigenvalue weighted by molar-refractivity contribution is 5.32. The van der Waals surface area contributed by atoms with Gasteiger partial charge in [-0.3, -0.25) is 0 Å². The van der Waals surface area contributed by atoms with Crippen LogP contribution in [-0.2, 0) is 17.8 Å². The number of aryl methyl sites for hydroxylation is 2. The van der Waals surface area contributed by atoms with E-state index in [1.54, 1.807) is 7.11 Å². The number of rotatable bonds is 5. The second-order valence-electron chi connectivity index (χ2n) is 5.32. The Balaban J connectivity index is 2.11. The quantitative estimate of drug-likeness (QED) is 0.897.